The van der Waals surface area contributed by atoms with Crippen LogP contribution in [-0.2, 0) is 6.54 Å². The van der Waals surface area contributed by atoms with Gasteiger partial charge in [-0.3, -0.25) is 5.41 Å². The van der Waals surface area contributed by atoms with Crippen molar-refractivity contribution in [3.8, 4) is 11.4 Å². The van der Waals surface area contributed by atoms with Crippen molar-refractivity contribution in [2.75, 3.05) is 0 Å². The summed E-state index contributed by atoms with van der Waals surface area (Å²) in [5.74, 6) is 0.675. The van der Waals surface area contributed by atoms with Crippen LogP contribution in [0.5, 0.6) is 0 Å². The number of aromatic nitrogens is 5. The van der Waals surface area contributed by atoms with Crippen LogP contribution in [0.25, 0.3) is 22.6 Å². The number of aromatic amines is 1. The lowest BCUT2D eigenvalue weighted by atomic mass is 10.2. The maximum absolute atomic E-state index is 8.04. The monoisotopic (exact) mass is 370 g/mol. The van der Waals surface area contributed by atoms with E-state index in [1.807, 2.05) is 30.3 Å². The predicted molar refractivity (Wildman–Crippen MR) is 96.5 cm³/mol. The van der Waals surface area contributed by atoms with E-state index in [9.17, 15) is 0 Å². The van der Waals surface area contributed by atoms with Crippen LogP contribution in [0.3, 0.4) is 0 Å². The van der Waals surface area contributed by atoms with Crippen molar-refractivity contribution in [3.05, 3.63) is 70.1 Å². The molecule has 0 unspecified atom stereocenters. The summed E-state index contributed by atoms with van der Waals surface area (Å²) in [7, 11) is 0. The van der Waals surface area contributed by atoms with Gasteiger partial charge in [-0.2, -0.15) is 0 Å². The molecule has 124 valence electrons. The summed E-state index contributed by atoms with van der Waals surface area (Å²) in [4.78, 5) is 16.0. The van der Waals surface area contributed by atoms with Gasteiger partial charge in [-0.15, -0.1) is 0 Å². The molecule has 0 saturated carbocycles. The molecule has 0 amide bonds. The number of fused-ring (bicyclic) bond motifs is 1. The van der Waals surface area contributed by atoms with E-state index in [0.717, 1.165) is 5.56 Å². The van der Waals surface area contributed by atoms with Crippen LogP contribution in [0.4, 0.5) is 0 Å². The predicted octanol–water partition coefficient (Wildman–Crippen LogP) is 3.66. The molecule has 6 nitrogen and oxygen atoms in total. The number of benzene rings is 1. The molecule has 0 atom stereocenters. The van der Waals surface area contributed by atoms with Crippen LogP contribution in [-0.4, -0.2) is 24.5 Å². The highest BCUT2D eigenvalue weighted by Gasteiger charge is 2.13. The summed E-state index contributed by atoms with van der Waals surface area (Å²) < 4.78 is 1.80. The molecule has 3 heterocycles. The number of rotatable bonds is 3. The average Bonchev–Trinajstić information content (AvgIpc) is 3.07. The van der Waals surface area contributed by atoms with Gasteiger partial charge in [-0.1, -0.05) is 53.5 Å². The van der Waals surface area contributed by atoms with Gasteiger partial charge in [0.2, 0.25) is 0 Å². The third-order valence-electron chi connectivity index (χ3n) is 3.84. The smallest absolute Gasteiger partial charge is 0.173 e. The summed E-state index contributed by atoms with van der Waals surface area (Å²) in [6.07, 6.45) is 3.11. The summed E-state index contributed by atoms with van der Waals surface area (Å²) in [6, 6.07) is 11.4. The Balaban J connectivity index is 1.87. The Morgan fingerprint density at radius 3 is 2.64 bits per heavy atom. The van der Waals surface area contributed by atoms with E-state index in [-0.39, 0.29) is 5.49 Å². The normalized spacial score (nSPS) is 11.1. The second-order valence-electron chi connectivity index (χ2n) is 5.43. The van der Waals surface area contributed by atoms with Crippen LogP contribution in [0.15, 0.2) is 48.9 Å². The molecule has 4 rings (SSSR count). The van der Waals surface area contributed by atoms with E-state index in [2.05, 4.69) is 19.9 Å². The Bertz CT molecular complexity index is 1100. The quantitative estimate of drug-likeness (QED) is 0.539. The summed E-state index contributed by atoms with van der Waals surface area (Å²) >= 11 is 12.4. The molecule has 25 heavy (non-hydrogen) atoms. The molecule has 0 radical (unpaired) electrons. The Morgan fingerprint density at radius 2 is 1.88 bits per heavy atom. The molecule has 0 fully saturated rings. The van der Waals surface area contributed by atoms with Crippen LogP contribution in [0.2, 0.25) is 10.2 Å². The Labute approximate surface area is 152 Å². The van der Waals surface area contributed by atoms with Crippen molar-refractivity contribution in [2.45, 2.75) is 6.54 Å². The van der Waals surface area contributed by atoms with Crippen molar-refractivity contribution < 1.29 is 0 Å². The minimum absolute atomic E-state index is 0.129. The first kappa shape index (κ1) is 15.8. The van der Waals surface area contributed by atoms with Crippen LogP contribution in [0, 0.1) is 5.41 Å². The Kier molecular flexibility index (Phi) is 3.99. The molecular weight excluding hydrogens is 359 g/mol. The van der Waals surface area contributed by atoms with Crippen LogP contribution in [0.1, 0.15) is 5.56 Å². The van der Waals surface area contributed by atoms with Gasteiger partial charge in [0.05, 0.1) is 17.9 Å². The largest absolute Gasteiger partial charge is 0.334 e. The summed E-state index contributed by atoms with van der Waals surface area (Å²) in [5, 5.41) is 8.90. The number of pyridine rings is 1. The molecule has 0 aliphatic heterocycles. The number of nitrogens with one attached hydrogen (secondary N) is 2. The van der Waals surface area contributed by atoms with Gasteiger partial charge in [0.15, 0.2) is 11.1 Å². The molecule has 3 aromatic heterocycles. The Morgan fingerprint density at radius 1 is 1.08 bits per heavy atom. The van der Waals surface area contributed by atoms with Crippen molar-refractivity contribution in [3.63, 3.8) is 0 Å². The van der Waals surface area contributed by atoms with Gasteiger partial charge in [0.25, 0.3) is 0 Å². The van der Waals surface area contributed by atoms with Crippen molar-refractivity contribution in [1.82, 2.24) is 24.5 Å². The second kappa shape index (κ2) is 6.31. The lowest BCUT2D eigenvalue weighted by molar-refractivity contribution is 0.781. The van der Waals surface area contributed by atoms with E-state index in [0.29, 0.717) is 39.3 Å². The van der Waals surface area contributed by atoms with Crippen molar-refractivity contribution >= 4 is 34.4 Å². The van der Waals surface area contributed by atoms with Gasteiger partial charge < -0.3 is 9.55 Å². The number of nitrogens with zero attached hydrogens (tertiary/aromatic N) is 4. The number of H-pyrrole nitrogens is 1. The van der Waals surface area contributed by atoms with Crippen molar-refractivity contribution in [1.29, 1.82) is 5.41 Å². The minimum Gasteiger partial charge on any atom is -0.334 e. The molecule has 1 aromatic carbocycles. The molecule has 0 aliphatic rings. The third kappa shape index (κ3) is 2.90. The molecule has 0 saturated heterocycles. The van der Waals surface area contributed by atoms with E-state index >= 15 is 0 Å². The number of hydrogen-bond acceptors (Lipinski definition) is 4. The molecule has 0 bridgehead atoms. The summed E-state index contributed by atoms with van der Waals surface area (Å²) in [5.41, 5.74) is 2.90. The fourth-order valence-electron chi connectivity index (χ4n) is 2.59. The van der Waals surface area contributed by atoms with E-state index in [1.54, 1.807) is 23.2 Å². The lowest BCUT2D eigenvalue weighted by Crippen LogP contribution is -2.13. The molecule has 4 aromatic rings. The van der Waals surface area contributed by atoms with E-state index in [1.165, 1.54) is 0 Å². The average molecular weight is 371 g/mol. The highest BCUT2D eigenvalue weighted by Crippen LogP contribution is 2.24. The zero-order valence-corrected chi connectivity index (χ0v) is 14.4. The topological polar surface area (TPSA) is 83.2 Å². The molecule has 0 spiro atoms. The summed E-state index contributed by atoms with van der Waals surface area (Å²) in [6.45, 7) is 0.356. The highest BCUT2D eigenvalue weighted by molar-refractivity contribution is 6.35. The number of halogens is 2. The fraction of sp³-hybridized carbons (Fsp3) is 0.0588. The van der Waals surface area contributed by atoms with Crippen LogP contribution >= 0.6 is 23.2 Å². The van der Waals surface area contributed by atoms with Gasteiger partial charge in [-0.05, 0) is 6.07 Å². The number of hydrogen-bond donors (Lipinski definition) is 2. The Hall–Kier alpha value is -2.70. The minimum atomic E-state index is 0.129. The highest BCUT2D eigenvalue weighted by atomic mass is 35.5. The zero-order valence-electron chi connectivity index (χ0n) is 12.9. The van der Waals surface area contributed by atoms with Gasteiger partial charge in [0.1, 0.15) is 16.5 Å². The zero-order chi connectivity index (χ0) is 17.4. The first-order valence-corrected chi connectivity index (χ1v) is 8.23. The second-order valence-corrected chi connectivity index (χ2v) is 6.20. The number of imidazole rings is 1. The maximum atomic E-state index is 8.04. The first-order valence-electron chi connectivity index (χ1n) is 7.47. The van der Waals surface area contributed by atoms with Gasteiger partial charge in [-0.25, -0.2) is 15.0 Å². The van der Waals surface area contributed by atoms with Crippen molar-refractivity contribution in [2.24, 2.45) is 0 Å². The molecular formula is C17H12Cl2N6. The molecule has 0 aliphatic carbocycles. The SMILES string of the molecule is N=c1ncn(Cc2c(Cl)ccnc2Cl)c2nc(-c3ccccc3)[nH]c12. The first-order chi connectivity index (χ1) is 12.1. The molecule has 2 N–H and O–H groups in total. The standard InChI is InChI=1S/C17H12Cl2N6/c18-12-6-7-21-14(19)11(12)8-25-9-22-15(20)13-17(25)24-16(23-13)10-4-2-1-3-5-10/h1-7,9,20H,8H2,(H,23,24). The van der Waals surface area contributed by atoms with E-state index < -0.39 is 0 Å². The van der Waals surface area contributed by atoms with Gasteiger partial charge in [0, 0.05) is 17.3 Å². The lowest BCUT2D eigenvalue weighted by Gasteiger charge is -2.09. The molecule has 8 heteroatoms. The third-order valence-corrected chi connectivity index (χ3v) is 4.52. The van der Waals surface area contributed by atoms with Gasteiger partial charge >= 0.3 is 0 Å². The van der Waals surface area contributed by atoms with Crippen LogP contribution < -0.4 is 5.49 Å². The fourth-order valence-corrected chi connectivity index (χ4v) is 3.06. The van der Waals surface area contributed by atoms with E-state index in [4.69, 9.17) is 28.6 Å². The maximum Gasteiger partial charge on any atom is 0.173 e.